The summed E-state index contributed by atoms with van der Waals surface area (Å²) in [5.74, 6) is 1.63. The second kappa shape index (κ2) is 6.65. The van der Waals surface area contributed by atoms with Gasteiger partial charge >= 0.3 is 0 Å². The molecule has 0 aliphatic heterocycles. The third-order valence-electron chi connectivity index (χ3n) is 4.21. The lowest BCUT2D eigenvalue weighted by molar-refractivity contribution is 0.470. The Morgan fingerprint density at radius 2 is 1.60 bits per heavy atom. The summed E-state index contributed by atoms with van der Waals surface area (Å²) in [7, 11) is 0. The standard InChI is InChI=1S/C22H18N2O/c1-2-20(24-16-23-19-13-7-8-14-21(19)24)18-12-6-9-15-22(18)25-17-10-4-3-5-11-17/h2-16,20H,1H2. The Bertz CT molecular complexity index is 1000. The number of rotatable bonds is 5. The van der Waals surface area contributed by atoms with Crippen LogP contribution in [0.3, 0.4) is 0 Å². The maximum atomic E-state index is 6.12. The van der Waals surface area contributed by atoms with Gasteiger partial charge in [-0.1, -0.05) is 54.6 Å². The molecule has 3 aromatic carbocycles. The number of benzene rings is 3. The van der Waals surface area contributed by atoms with Crippen LogP contribution in [-0.4, -0.2) is 9.55 Å². The van der Waals surface area contributed by atoms with E-state index in [2.05, 4.69) is 28.3 Å². The SMILES string of the molecule is C=CC(c1ccccc1Oc1ccccc1)n1cnc2ccccc21. The highest BCUT2D eigenvalue weighted by Crippen LogP contribution is 2.33. The van der Waals surface area contributed by atoms with Crippen LogP contribution in [0.15, 0.2) is 97.8 Å². The normalized spacial score (nSPS) is 12.0. The van der Waals surface area contributed by atoms with Crippen molar-refractivity contribution in [1.82, 2.24) is 9.55 Å². The van der Waals surface area contributed by atoms with Crippen molar-refractivity contribution in [1.29, 1.82) is 0 Å². The van der Waals surface area contributed by atoms with Crippen LogP contribution in [0.2, 0.25) is 0 Å². The second-order valence-corrected chi connectivity index (χ2v) is 5.77. The first-order valence-electron chi connectivity index (χ1n) is 8.23. The maximum Gasteiger partial charge on any atom is 0.133 e. The molecule has 0 aliphatic rings. The Morgan fingerprint density at radius 3 is 2.44 bits per heavy atom. The van der Waals surface area contributed by atoms with Crippen LogP contribution in [0, 0.1) is 0 Å². The fraction of sp³-hybridized carbons (Fsp3) is 0.0455. The van der Waals surface area contributed by atoms with E-state index in [-0.39, 0.29) is 6.04 Å². The van der Waals surface area contributed by atoms with E-state index < -0.39 is 0 Å². The van der Waals surface area contributed by atoms with Crippen molar-refractivity contribution in [2.45, 2.75) is 6.04 Å². The van der Waals surface area contributed by atoms with E-state index in [4.69, 9.17) is 4.74 Å². The first-order valence-corrected chi connectivity index (χ1v) is 8.23. The number of ether oxygens (including phenoxy) is 1. The fourth-order valence-corrected chi connectivity index (χ4v) is 3.02. The maximum absolute atomic E-state index is 6.12. The monoisotopic (exact) mass is 326 g/mol. The molecular weight excluding hydrogens is 308 g/mol. The summed E-state index contributed by atoms with van der Waals surface area (Å²) in [6.07, 6.45) is 3.78. The molecule has 1 unspecified atom stereocenters. The molecule has 4 aromatic rings. The summed E-state index contributed by atoms with van der Waals surface area (Å²) >= 11 is 0. The zero-order chi connectivity index (χ0) is 17.1. The fourth-order valence-electron chi connectivity index (χ4n) is 3.02. The number of imidazole rings is 1. The number of nitrogens with zero attached hydrogens (tertiary/aromatic N) is 2. The van der Waals surface area contributed by atoms with E-state index in [9.17, 15) is 0 Å². The molecule has 25 heavy (non-hydrogen) atoms. The Balaban J connectivity index is 1.78. The van der Waals surface area contributed by atoms with E-state index in [1.807, 2.05) is 79.1 Å². The van der Waals surface area contributed by atoms with Crippen LogP contribution in [0.25, 0.3) is 11.0 Å². The highest BCUT2D eigenvalue weighted by atomic mass is 16.5. The van der Waals surface area contributed by atoms with Crippen LogP contribution >= 0.6 is 0 Å². The summed E-state index contributed by atoms with van der Waals surface area (Å²) in [5, 5.41) is 0. The van der Waals surface area contributed by atoms with Gasteiger partial charge in [-0.3, -0.25) is 0 Å². The topological polar surface area (TPSA) is 27.1 Å². The molecule has 0 fully saturated rings. The lowest BCUT2D eigenvalue weighted by Gasteiger charge is -2.19. The first kappa shape index (κ1) is 15.2. The van der Waals surface area contributed by atoms with E-state index >= 15 is 0 Å². The molecule has 0 spiro atoms. The van der Waals surface area contributed by atoms with Gasteiger partial charge in [0.05, 0.1) is 23.4 Å². The predicted octanol–water partition coefficient (Wildman–Crippen LogP) is 5.60. The Labute approximate surface area is 146 Å². The van der Waals surface area contributed by atoms with Crippen LogP contribution < -0.4 is 4.74 Å². The molecule has 3 nitrogen and oxygen atoms in total. The number of allylic oxidation sites excluding steroid dienone is 1. The van der Waals surface area contributed by atoms with Gasteiger partial charge in [0.1, 0.15) is 11.5 Å². The molecule has 0 bridgehead atoms. The molecule has 0 radical (unpaired) electrons. The van der Waals surface area contributed by atoms with Crippen molar-refractivity contribution < 1.29 is 4.74 Å². The average molecular weight is 326 g/mol. The summed E-state index contributed by atoms with van der Waals surface area (Å²) in [6, 6.07) is 25.9. The van der Waals surface area contributed by atoms with E-state index in [1.165, 1.54) is 0 Å². The molecule has 122 valence electrons. The minimum absolute atomic E-state index is 0.0627. The lowest BCUT2D eigenvalue weighted by atomic mass is 10.1. The van der Waals surface area contributed by atoms with Crippen LogP contribution in [0.1, 0.15) is 11.6 Å². The van der Waals surface area contributed by atoms with Gasteiger partial charge in [0.15, 0.2) is 0 Å². The minimum atomic E-state index is -0.0627. The number of fused-ring (bicyclic) bond motifs is 1. The number of para-hydroxylation sites is 4. The highest BCUT2D eigenvalue weighted by molar-refractivity contribution is 5.75. The molecule has 0 aliphatic carbocycles. The molecule has 0 saturated heterocycles. The van der Waals surface area contributed by atoms with E-state index in [0.29, 0.717) is 0 Å². The Morgan fingerprint density at radius 1 is 0.880 bits per heavy atom. The van der Waals surface area contributed by atoms with Crippen molar-refractivity contribution in [2.75, 3.05) is 0 Å². The first-order chi connectivity index (χ1) is 12.4. The van der Waals surface area contributed by atoms with Crippen molar-refractivity contribution >= 4 is 11.0 Å². The van der Waals surface area contributed by atoms with Crippen molar-refractivity contribution in [3.63, 3.8) is 0 Å². The smallest absolute Gasteiger partial charge is 0.133 e. The second-order valence-electron chi connectivity index (χ2n) is 5.77. The zero-order valence-corrected chi connectivity index (χ0v) is 13.7. The zero-order valence-electron chi connectivity index (χ0n) is 13.7. The minimum Gasteiger partial charge on any atom is -0.457 e. The van der Waals surface area contributed by atoms with Gasteiger partial charge in [-0.05, 0) is 30.3 Å². The van der Waals surface area contributed by atoms with Gasteiger partial charge < -0.3 is 9.30 Å². The molecule has 1 heterocycles. The van der Waals surface area contributed by atoms with E-state index in [0.717, 1.165) is 28.1 Å². The van der Waals surface area contributed by atoms with Gasteiger partial charge in [0.25, 0.3) is 0 Å². The number of hydrogen-bond donors (Lipinski definition) is 0. The van der Waals surface area contributed by atoms with Gasteiger partial charge in [0.2, 0.25) is 0 Å². The summed E-state index contributed by atoms with van der Waals surface area (Å²) in [6.45, 7) is 4.04. The summed E-state index contributed by atoms with van der Waals surface area (Å²) in [4.78, 5) is 4.50. The van der Waals surface area contributed by atoms with Gasteiger partial charge in [-0.15, -0.1) is 6.58 Å². The van der Waals surface area contributed by atoms with Crippen LogP contribution in [0.4, 0.5) is 0 Å². The third kappa shape index (κ3) is 2.92. The molecular formula is C22H18N2O. The quantitative estimate of drug-likeness (QED) is 0.446. The van der Waals surface area contributed by atoms with Crippen LogP contribution in [-0.2, 0) is 0 Å². The van der Waals surface area contributed by atoms with Crippen LogP contribution in [0.5, 0.6) is 11.5 Å². The molecule has 3 heteroatoms. The molecule has 1 atom stereocenters. The molecule has 0 amide bonds. The molecule has 0 saturated carbocycles. The van der Waals surface area contributed by atoms with Gasteiger partial charge in [0, 0.05) is 5.56 Å². The molecule has 4 rings (SSSR count). The Hall–Kier alpha value is -3.33. The number of hydrogen-bond acceptors (Lipinski definition) is 2. The van der Waals surface area contributed by atoms with Gasteiger partial charge in [-0.25, -0.2) is 4.98 Å². The molecule has 1 aromatic heterocycles. The van der Waals surface area contributed by atoms with Crippen molar-refractivity contribution in [3.05, 3.63) is 103 Å². The Kier molecular flexibility index (Phi) is 4.05. The lowest BCUT2D eigenvalue weighted by Crippen LogP contribution is -2.08. The number of aromatic nitrogens is 2. The van der Waals surface area contributed by atoms with Crippen molar-refractivity contribution in [3.8, 4) is 11.5 Å². The van der Waals surface area contributed by atoms with Crippen molar-refractivity contribution in [2.24, 2.45) is 0 Å². The largest absolute Gasteiger partial charge is 0.457 e. The molecule has 0 N–H and O–H groups in total. The summed E-state index contributed by atoms with van der Waals surface area (Å²) in [5.41, 5.74) is 3.09. The van der Waals surface area contributed by atoms with E-state index in [1.54, 1.807) is 0 Å². The summed E-state index contributed by atoms with van der Waals surface area (Å²) < 4.78 is 8.24. The predicted molar refractivity (Wildman–Crippen MR) is 101 cm³/mol. The highest BCUT2D eigenvalue weighted by Gasteiger charge is 2.17. The average Bonchev–Trinajstić information content (AvgIpc) is 3.09. The third-order valence-corrected chi connectivity index (χ3v) is 4.21. The van der Waals surface area contributed by atoms with Gasteiger partial charge in [-0.2, -0.15) is 0 Å².